The average molecular weight is 604 g/mol. The van der Waals surface area contributed by atoms with Gasteiger partial charge in [0, 0.05) is 35.4 Å². The SMILES string of the molecule is CC(=Nc1cc(-c2c3ccccc3c(-c3ccc4ccccc4c3)c3ccccc23)ccc1C)c1cccnc1-c1ccncc1C. The third-order valence-corrected chi connectivity index (χ3v) is 9.23. The van der Waals surface area contributed by atoms with E-state index in [1.165, 1.54) is 49.0 Å². The van der Waals surface area contributed by atoms with E-state index in [0.29, 0.717) is 0 Å². The van der Waals surface area contributed by atoms with Crippen molar-refractivity contribution >= 4 is 43.7 Å². The van der Waals surface area contributed by atoms with Crippen molar-refractivity contribution < 1.29 is 0 Å². The van der Waals surface area contributed by atoms with Gasteiger partial charge in [0.2, 0.25) is 0 Å². The fourth-order valence-electron chi connectivity index (χ4n) is 6.87. The van der Waals surface area contributed by atoms with Gasteiger partial charge in [-0.3, -0.25) is 15.0 Å². The summed E-state index contributed by atoms with van der Waals surface area (Å²) in [7, 11) is 0. The van der Waals surface area contributed by atoms with Crippen molar-refractivity contribution in [3.63, 3.8) is 0 Å². The zero-order valence-electron chi connectivity index (χ0n) is 26.7. The summed E-state index contributed by atoms with van der Waals surface area (Å²) in [6, 6.07) is 45.8. The molecule has 0 unspecified atom stereocenters. The van der Waals surface area contributed by atoms with E-state index in [4.69, 9.17) is 9.98 Å². The number of nitrogens with zero attached hydrogens (tertiary/aromatic N) is 3. The van der Waals surface area contributed by atoms with Crippen LogP contribution in [0.4, 0.5) is 5.69 Å². The summed E-state index contributed by atoms with van der Waals surface area (Å²) in [6.07, 6.45) is 5.55. The molecule has 0 bridgehead atoms. The number of fused-ring (bicyclic) bond motifs is 3. The first-order valence-corrected chi connectivity index (χ1v) is 16.0. The number of aliphatic imine (C=N–C) groups is 1. The summed E-state index contributed by atoms with van der Waals surface area (Å²) in [6.45, 7) is 6.28. The number of rotatable bonds is 5. The van der Waals surface area contributed by atoms with Crippen molar-refractivity contribution in [1.82, 2.24) is 9.97 Å². The number of aromatic nitrogens is 2. The summed E-state index contributed by atoms with van der Waals surface area (Å²) >= 11 is 0. The lowest BCUT2D eigenvalue weighted by Crippen LogP contribution is -2.01. The minimum Gasteiger partial charge on any atom is -0.264 e. The Bertz CT molecular complexity index is 2450. The quantitative estimate of drug-likeness (QED) is 0.145. The van der Waals surface area contributed by atoms with Crippen LogP contribution in [0.15, 0.2) is 151 Å². The Kier molecular flexibility index (Phi) is 7.15. The molecule has 47 heavy (non-hydrogen) atoms. The van der Waals surface area contributed by atoms with Gasteiger partial charge in [0.15, 0.2) is 0 Å². The van der Waals surface area contributed by atoms with Crippen LogP contribution in [-0.2, 0) is 0 Å². The molecule has 0 N–H and O–H groups in total. The normalized spacial score (nSPS) is 11.9. The largest absolute Gasteiger partial charge is 0.264 e. The summed E-state index contributed by atoms with van der Waals surface area (Å²) < 4.78 is 0. The van der Waals surface area contributed by atoms with Crippen molar-refractivity contribution in [2.45, 2.75) is 20.8 Å². The first kappa shape index (κ1) is 28.5. The number of pyridine rings is 2. The van der Waals surface area contributed by atoms with Crippen LogP contribution in [-0.4, -0.2) is 15.7 Å². The molecule has 8 aromatic rings. The molecule has 0 amide bonds. The Morgan fingerprint density at radius 2 is 1.17 bits per heavy atom. The summed E-state index contributed by atoms with van der Waals surface area (Å²) in [5, 5.41) is 7.44. The van der Waals surface area contributed by atoms with Crippen LogP contribution < -0.4 is 0 Å². The minimum absolute atomic E-state index is 0.920. The van der Waals surface area contributed by atoms with Gasteiger partial charge in [-0.15, -0.1) is 0 Å². The van der Waals surface area contributed by atoms with Gasteiger partial charge in [0.25, 0.3) is 0 Å². The Labute approximate surface area is 274 Å². The molecule has 3 nitrogen and oxygen atoms in total. The van der Waals surface area contributed by atoms with Crippen LogP contribution in [0.3, 0.4) is 0 Å². The van der Waals surface area contributed by atoms with Crippen LogP contribution >= 0.6 is 0 Å². The smallest absolute Gasteiger partial charge is 0.0796 e. The number of hydrogen-bond donors (Lipinski definition) is 0. The maximum Gasteiger partial charge on any atom is 0.0796 e. The Hall–Kier alpha value is -5.93. The van der Waals surface area contributed by atoms with Gasteiger partial charge in [-0.25, -0.2) is 0 Å². The Morgan fingerprint density at radius 1 is 0.553 bits per heavy atom. The molecule has 0 saturated carbocycles. The zero-order chi connectivity index (χ0) is 31.9. The Balaban J connectivity index is 1.32. The number of aryl methyl sites for hydroxylation is 2. The van der Waals surface area contributed by atoms with Gasteiger partial charge in [-0.05, 0) is 117 Å². The first-order valence-electron chi connectivity index (χ1n) is 16.0. The van der Waals surface area contributed by atoms with E-state index in [9.17, 15) is 0 Å². The number of hydrogen-bond acceptors (Lipinski definition) is 3. The van der Waals surface area contributed by atoms with E-state index in [1.54, 1.807) is 0 Å². The van der Waals surface area contributed by atoms with Gasteiger partial charge in [0.1, 0.15) is 0 Å². The highest BCUT2D eigenvalue weighted by atomic mass is 14.8. The number of benzene rings is 6. The standard InChI is InChI=1S/C44H33N3/c1-28-18-19-34(26-41(28)47-30(3)36-17-10-23-46-44(36)35-22-24-45-27-29(35)2)43-39-15-8-6-13-37(39)42(38-14-7-9-16-40(38)43)33-21-20-31-11-4-5-12-32(31)25-33/h4-27H,1-3H3. The molecule has 8 rings (SSSR count). The maximum absolute atomic E-state index is 5.25. The topological polar surface area (TPSA) is 38.1 Å². The predicted molar refractivity (Wildman–Crippen MR) is 199 cm³/mol. The molecule has 0 aliphatic rings. The highest BCUT2D eigenvalue weighted by Gasteiger charge is 2.18. The lowest BCUT2D eigenvalue weighted by Gasteiger charge is -2.18. The lowest BCUT2D eigenvalue weighted by molar-refractivity contribution is 1.23. The fraction of sp³-hybridized carbons (Fsp3) is 0.0682. The molecule has 0 aliphatic heterocycles. The molecule has 0 saturated heterocycles. The molecule has 0 fully saturated rings. The van der Waals surface area contributed by atoms with Gasteiger partial charge in [-0.2, -0.15) is 0 Å². The van der Waals surface area contributed by atoms with E-state index < -0.39 is 0 Å². The fourth-order valence-corrected chi connectivity index (χ4v) is 6.87. The van der Waals surface area contributed by atoms with Crippen molar-refractivity contribution in [3.8, 4) is 33.5 Å². The maximum atomic E-state index is 5.25. The van der Waals surface area contributed by atoms with E-state index in [1.807, 2.05) is 30.7 Å². The highest BCUT2D eigenvalue weighted by molar-refractivity contribution is 6.22. The summed E-state index contributed by atoms with van der Waals surface area (Å²) in [5.41, 5.74) is 12.0. The minimum atomic E-state index is 0.920. The molecular formula is C44H33N3. The van der Waals surface area contributed by atoms with Crippen molar-refractivity contribution in [2.75, 3.05) is 0 Å². The monoisotopic (exact) mass is 603 g/mol. The molecule has 224 valence electrons. The van der Waals surface area contributed by atoms with Gasteiger partial charge < -0.3 is 0 Å². The summed E-state index contributed by atoms with van der Waals surface area (Å²) in [5.74, 6) is 0. The van der Waals surface area contributed by atoms with Gasteiger partial charge >= 0.3 is 0 Å². The molecule has 0 radical (unpaired) electrons. The molecule has 6 aromatic carbocycles. The second-order valence-corrected chi connectivity index (χ2v) is 12.2. The highest BCUT2D eigenvalue weighted by Crippen LogP contribution is 2.45. The molecular weight excluding hydrogens is 571 g/mol. The van der Waals surface area contributed by atoms with E-state index >= 15 is 0 Å². The molecule has 0 spiro atoms. The van der Waals surface area contributed by atoms with Gasteiger partial charge in [0.05, 0.1) is 11.4 Å². The predicted octanol–water partition coefficient (Wildman–Crippen LogP) is 11.7. The third kappa shape index (κ3) is 5.07. The molecule has 0 aliphatic carbocycles. The second-order valence-electron chi connectivity index (χ2n) is 12.2. The average Bonchev–Trinajstić information content (AvgIpc) is 3.11. The Morgan fingerprint density at radius 3 is 1.85 bits per heavy atom. The van der Waals surface area contributed by atoms with Crippen LogP contribution in [0, 0.1) is 13.8 Å². The summed E-state index contributed by atoms with van der Waals surface area (Å²) in [4.78, 5) is 14.3. The lowest BCUT2D eigenvalue weighted by atomic mass is 9.85. The molecule has 0 atom stereocenters. The van der Waals surface area contributed by atoms with Gasteiger partial charge in [-0.1, -0.05) is 97.1 Å². The van der Waals surface area contributed by atoms with Crippen molar-refractivity contribution in [2.24, 2.45) is 4.99 Å². The van der Waals surface area contributed by atoms with Crippen LogP contribution in [0.25, 0.3) is 65.8 Å². The molecule has 2 aromatic heterocycles. The van der Waals surface area contributed by atoms with Crippen LogP contribution in [0.2, 0.25) is 0 Å². The van der Waals surface area contributed by atoms with E-state index in [2.05, 4.69) is 141 Å². The third-order valence-electron chi connectivity index (χ3n) is 9.23. The molecule has 3 heteroatoms. The zero-order valence-corrected chi connectivity index (χ0v) is 26.7. The molecule has 2 heterocycles. The van der Waals surface area contributed by atoms with E-state index in [-0.39, 0.29) is 0 Å². The van der Waals surface area contributed by atoms with Crippen molar-refractivity contribution in [3.05, 3.63) is 163 Å². The second kappa shape index (κ2) is 11.8. The van der Waals surface area contributed by atoms with Crippen molar-refractivity contribution in [1.29, 1.82) is 0 Å². The first-order chi connectivity index (χ1) is 23.1. The van der Waals surface area contributed by atoms with Crippen LogP contribution in [0.5, 0.6) is 0 Å². The van der Waals surface area contributed by atoms with E-state index in [0.717, 1.165) is 44.9 Å². The van der Waals surface area contributed by atoms with Crippen LogP contribution in [0.1, 0.15) is 23.6 Å².